The summed E-state index contributed by atoms with van der Waals surface area (Å²) in [6.45, 7) is 8.18. The summed E-state index contributed by atoms with van der Waals surface area (Å²) in [5.41, 5.74) is 0.697. The fourth-order valence-electron chi connectivity index (χ4n) is 3.18. The zero-order chi connectivity index (χ0) is 13.2. The maximum Gasteiger partial charge on any atom is 0.0771 e. The molecule has 0 radical (unpaired) electrons. The van der Waals surface area contributed by atoms with Gasteiger partial charge in [-0.1, -0.05) is 56.2 Å². The summed E-state index contributed by atoms with van der Waals surface area (Å²) in [6, 6.07) is 0. The van der Waals surface area contributed by atoms with E-state index in [-0.39, 0.29) is 5.60 Å². The summed E-state index contributed by atoms with van der Waals surface area (Å²) in [5.74, 6) is 1.89. The second kappa shape index (κ2) is 5.99. The molecule has 0 aromatic rings. The summed E-state index contributed by atoms with van der Waals surface area (Å²) in [5, 5.41) is 0. The molecule has 2 fully saturated rings. The fourth-order valence-corrected chi connectivity index (χ4v) is 4.16. The van der Waals surface area contributed by atoms with E-state index in [2.05, 4.69) is 43.4 Å². The minimum absolute atomic E-state index is 0.219. The molecule has 2 aliphatic rings. The van der Waals surface area contributed by atoms with E-state index in [4.69, 9.17) is 4.74 Å². The smallest absolute Gasteiger partial charge is 0.0771 e. The van der Waals surface area contributed by atoms with E-state index in [9.17, 15) is 0 Å². The van der Waals surface area contributed by atoms with Crippen LogP contribution < -0.4 is 0 Å². The molecular formula is C16H29IO. The molecule has 0 aliphatic heterocycles. The highest BCUT2D eigenvalue weighted by Crippen LogP contribution is 2.44. The Morgan fingerprint density at radius 3 is 2.17 bits per heavy atom. The van der Waals surface area contributed by atoms with Crippen LogP contribution in [-0.2, 0) is 4.74 Å². The molecular weight excluding hydrogens is 335 g/mol. The third-order valence-corrected chi connectivity index (χ3v) is 6.39. The SMILES string of the molecule is CC(C)(C)C1CCC(CI)(OCCC2CC2)CC1. The Morgan fingerprint density at radius 1 is 1.11 bits per heavy atom. The molecule has 0 N–H and O–H groups in total. The minimum atomic E-state index is 0.219. The molecule has 1 nitrogen and oxygen atoms in total. The van der Waals surface area contributed by atoms with Crippen LogP contribution in [0.5, 0.6) is 0 Å². The molecule has 0 aromatic carbocycles. The van der Waals surface area contributed by atoms with Crippen LogP contribution in [0.1, 0.15) is 65.7 Å². The van der Waals surface area contributed by atoms with Crippen LogP contribution in [0.3, 0.4) is 0 Å². The van der Waals surface area contributed by atoms with Crippen molar-refractivity contribution < 1.29 is 4.74 Å². The summed E-state index contributed by atoms with van der Waals surface area (Å²) in [6.07, 6.45) is 9.48. The lowest BCUT2D eigenvalue weighted by molar-refractivity contribution is -0.0695. The van der Waals surface area contributed by atoms with Gasteiger partial charge >= 0.3 is 0 Å². The third-order valence-electron chi connectivity index (χ3n) is 5.00. The Labute approximate surface area is 127 Å². The topological polar surface area (TPSA) is 9.23 Å². The summed E-state index contributed by atoms with van der Waals surface area (Å²) in [7, 11) is 0. The summed E-state index contributed by atoms with van der Waals surface area (Å²) < 4.78 is 7.50. The van der Waals surface area contributed by atoms with Crippen molar-refractivity contribution in [3.8, 4) is 0 Å². The molecule has 2 aliphatic carbocycles. The first-order chi connectivity index (χ1) is 8.45. The second-order valence-corrected chi connectivity index (χ2v) is 8.30. The lowest BCUT2D eigenvalue weighted by Crippen LogP contribution is -2.41. The van der Waals surface area contributed by atoms with E-state index in [1.165, 1.54) is 49.4 Å². The van der Waals surface area contributed by atoms with Gasteiger partial charge in [-0.3, -0.25) is 0 Å². The van der Waals surface area contributed by atoms with E-state index in [1.807, 2.05) is 0 Å². The molecule has 0 heterocycles. The zero-order valence-electron chi connectivity index (χ0n) is 12.3. The predicted octanol–water partition coefficient (Wildman–Crippen LogP) is 5.21. The molecule has 0 unspecified atom stereocenters. The van der Waals surface area contributed by atoms with Crippen molar-refractivity contribution in [2.24, 2.45) is 17.3 Å². The fraction of sp³-hybridized carbons (Fsp3) is 1.00. The van der Waals surface area contributed by atoms with Crippen molar-refractivity contribution >= 4 is 22.6 Å². The highest BCUT2D eigenvalue weighted by molar-refractivity contribution is 14.1. The van der Waals surface area contributed by atoms with Crippen LogP contribution >= 0.6 is 22.6 Å². The third kappa shape index (κ3) is 4.09. The van der Waals surface area contributed by atoms with Crippen LogP contribution in [0.2, 0.25) is 0 Å². The van der Waals surface area contributed by atoms with Gasteiger partial charge in [0.2, 0.25) is 0 Å². The van der Waals surface area contributed by atoms with Gasteiger partial charge in [0.05, 0.1) is 5.60 Å². The Morgan fingerprint density at radius 2 is 1.72 bits per heavy atom. The van der Waals surface area contributed by atoms with Crippen LogP contribution in [0.4, 0.5) is 0 Å². The van der Waals surface area contributed by atoms with E-state index in [0.717, 1.165) is 18.4 Å². The van der Waals surface area contributed by atoms with Gasteiger partial charge in [-0.05, 0) is 49.4 Å². The molecule has 0 amide bonds. The van der Waals surface area contributed by atoms with E-state index < -0.39 is 0 Å². The molecule has 0 spiro atoms. The Bertz CT molecular complexity index is 257. The van der Waals surface area contributed by atoms with E-state index >= 15 is 0 Å². The van der Waals surface area contributed by atoms with Gasteiger partial charge < -0.3 is 4.74 Å². The first kappa shape index (κ1) is 15.1. The number of rotatable bonds is 5. The normalized spacial score (nSPS) is 33.7. The molecule has 18 heavy (non-hydrogen) atoms. The molecule has 2 rings (SSSR count). The van der Waals surface area contributed by atoms with Crippen molar-refractivity contribution in [1.29, 1.82) is 0 Å². The van der Waals surface area contributed by atoms with Gasteiger partial charge in [0.1, 0.15) is 0 Å². The second-order valence-electron chi connectivity index (χ2n) is 7.54. The van der Waals surface area contributed by atoms with Crippen LogP contribution in [0, 0.1) is 17.3 Å². The average molecular weight is 364 g/mol. The van der Waals surface area contributed by atoms with Crippen LogP contribution in [0.25, 0.3) is 0 Å². The van der Waals surface area contributed by atoms with Gasteiger partial charge in [0, 0.05) is 11.0 Å². The van der Waals surface area contributed by atoms with Crippen molar-refractivity contribution in [2.75, 3.05) is 11.0 Å². The van der Waals surface area contributed by atoms with E-state index in [1.54, 1.807) is 0 Å². The number of hydrogen-bond acceptors (Lipinski definition) is 1. The van der Waals surface area contributed by atoms with Crippen LogP contribution in [0.15, 0.2) is 0 Å². The highest BCUT2D eigenvalue weighted by atomic mass is 127. The highest BCUT2D eigenvalue weighted by Gasteiger charge is 2.39. The molecule has 106 valence electrons. The molecule has 2 heteroatoms. The van der Waals surface area contributed by atoms with Crippen molar-refractivity contribution in [3.05, 3.63) is 0 Å². The molecule has 2 saturated carbocycles. The molecule has 0 aromatic heterocycles. The summed E-state index contributed by atoms with van der Waals surface area (Å²) >= 11 is 2.54. The van der Waals surface area contributed by atoms with Crippen molar-refractivity contribution in [3.63, 3.8) is 0 Å². The first-order valence-electron chi connectivity index (χ1n) is 7.65. The zero-order valence-corrected chi connectivity index (χ0v) is 14.5. The largest absolute Gasteiger partial charge is 0.374 e. The van der Waals surface area contributed by atoms with Gasteiger partial charge in [0.25, 0.3) is 0 Å². The molecule has 0 saturated heterocycles. The molecule has 0 atom stereocenters. The van der Waals surface area contributed by atoms with Gasteiger partial charge in [-0.15, -0.1) is 0 Å². The Balaban J connectivity index is 1.78. The summed E-state index contributed by atoms with van der Waals surface area (Å²) in [4.78, 5) is 0. The Kier molecular flexibility index (Phi) is 5.02. The maximum atomic E-state index is 6.32. The number of alkyl halides is 1. The number of ether oxygens (including phenoxy) is 1. The van der Waals surface area contributed by atoms with Crippen molar-refractivity contribution in [2.45, 2.75) is 71.3 Å². The average Bonchev–Trinajstić information content (AvgIpc) is 3.12. The monoisotopic (exact) mass is 364 g/mol. The lowest BCUT2D eigenvalue weighted by atomic mass is 9.69. The van der Waals surface area contributed by atoms with Crippen LogP contribution in [-0.4, -0.2) is 16.6 Å². The number of halogens is 1. The maximum absolute atomic E-state index is 6.32. The number of hydrogen-bond donors (Lipinski definition) is 0. The van der Waals surface area contributed by atoms with Gasteiger partial charge in [0.15, 0.2) is 0 Å². The van der Waals surface area contributed by atoms with Gasteiger partial charge in [-0.2, -0.15) is 0 Å². The van der Waals surface area contributed by atoms with E-state index in [0.29, 0.717) is 5.41 Å². The lowest BCUT2D eigenvalue weighted by Gasteiger charge is -2.43. The predicted molar refractivity (Wildman–Crippen MR) is 86.3 cm³/mol. The van der Waals surface area contributed by atoms with Gasteiger partial charge in [-0.25, -0.2) is 0 Å². The Hall–Kier alpha value is 0.690. The molecule has 0 bridgehead atoms. The van der Waals surface area contributed by atoms with Crippen molar-refractivity contribution in [1.82, 2.24) is 0 Å². The first-order valence-corrected chi connectivity index (χ1v) is 9.18. The minimum Gasteiger partial charge on any atom is -0.374 e. The standard InChI is InChI=1S/C16H29IO/c1-15(2,3)14-6-9-16(12-17,10-7-14)18-11-8-13-4-5-13/h13-14H,4-12H2,1-3H3. The quantitative estimate of drug-likeness (QED) is 0.480.